The number of benzene rings is 3. The molecule has 4 rings (SSSR count). The topological polar surface area (TPSA) is 113 Å². The second kappa shape index (κ2) is 10.9. The van der Waals surface area contributed by atoms with E-state index >= 15 is 0 Å². The number of nitrogens with zero attached hydrogens (tertiary/aromatic N) is 1. The second-order valence-electron chi connectivity index (χ2n) is 8.29. The lowest BCUT2D eigenvalue weighted by atomic mass is 9.95. The Morgan fingerprint density at radius 3 is 2.24 bits per heavy atom. The number of hydrogen-bond acceptors (Lipinski definition) is 7. The summed E-state index contributed by atoms with van der Waals surface area (Å²) in [5, 5.41) is 21.0. The highest BCUT2D eigenvalue weighted by molar-refractivity contribution is 9.10. The van der Waals surface area contributed by atoms with Gasteiger partial charge >= 0.3 is 5.97 Å². The van der Waals surface area contributed by atoms with Crippen LogP contribution >= 0.6 is 15.9 Å². The van der Waals surface area contributed by atoms with Gasteiger partial charge in [0.1, 0.15) is 17.3 Å². The maximum atomic E-state index is 13.2. The average Bonchev–Trinajstić information content (AvgIpc) is 3.14. The normalized spacial score (nSPS) is 16.6. The number of phenols is 1. The van der Waals surface area contributed by atoms with E-state index < -0.39 is 23.7 Å². The summed E-state index contributed by atoms with van der Waals surface area (Å²) >= 11 is 3.38. The standard InChI is InChI=1S/C28H24BrNO7/c1-3-37-28(35)18-6-4-16(5-7-18)15-30-24(17-8-11-20(31)12-9-17)23(26(33)27(30)34)25(32)19-10-13-22(36-2)21(29)14-19/h4-14,24,31-32H,3,15H2,1-2H3/b25-23-. The third-order valence-electron chi connectivity index (χ3n) is 5.99. The van der Waals surface area contributed by atoms with Gasteiger partial charge in [0.05, 0.1) is 35.4 Å². The number of hydrogen-bond donors (Lipinski definition) is 2. The zero-order chi connectivity index (χ0) is 26.7. The van der Waals surface area contributed by atoms with Gasteiger partial charge in [0.15, 0.2) is 0 Å². The lowest BCUT2D eigenvalue weighted by Crippen LogP contribution is -2.29. The molecule has 1 fully saturated rings. The second-order valence-corrected chi connectivity index (χ2v) is 9.14. The number of ether oxygens (including phenoxy) is 2. The molecule has 1 aliphatic heterocycles. The number of rotatable bonds is 7. The number of aromatic hydroxyl groups is 1. The average molecular weight is 566 g/mol. The fourth-order valence-electron chi connectivity index (χ4n) is 4.17. The van der Waals surface area contributed by atoms with Crippen LogP contribution in [-0.4, -0.2) is 46.5 Å². The summed E-state index contributed by atoms with van der Waals surface area (Å²) in [6.07, 6.45) is 0. The number of ketones is 1. The molecule has 2 N–H and O–H groups in total. The number of aliphatic hydroxyl groups is 1. The van der Waals surface area contributed by atoms with E-state index in [1.165, 1.54) is 24.1 Å². The predicted molar refractivity (Wildman–Crippen MR) is 139 cm³/mol. The Balaban J connectivity index is 1.77. The quantitative estimate of drug-likeness (QED) is 0.180. The minimum atomic E-state index is -0.911. The molecule has 0 spiro atoms. The minimum Gasteiger partial charge on any atom is -0.508 e. The van der Waals surface area contributed by atoms with E-state index in [9.17, 15) is 24.6 Å². The van der Waals surface area contributed by atoms with Crippen LogP contribution in [0.3, 0.4) is 0 Å². The van der Waals surface area contributed by atoms with Crippen LogP contribution in [0.2, 0.25) is 0 Å². The van der Waals surface area contributed by atoms with Crippen molar-refractivity contribution in [3.05, 3.63) is 99.0 Å². The van der Waals surface area contributed by atoms with Crippen LogP contribution in [0.25, 0.3) is 5.76 Å². The van der Waals surface area contributed by atoms with E-state index in [-0.39, 0.29) is 30.2 Å². The molecule has 0 radical (unpaired) electrons. The minimum absolute atomic E-state index is 0.0225. The Bertz CT molecular complexity index is 1380. The summed E-state index contributed by atoms with van der Waals surface area (Å²) in [4.78, 5) is 39.8. The van der Waals surface area contributed by atoms with Crippen LogP contribution in [0.4, 0.5) is 0 Å². The predicted octanol–water partition coefficient (Wildman–Crippen LogP) is 4.96. The van der Waals surface area contributed by atoms with Crippen molar-refractivity contribution in [3.8, 4) is 11.5 Å². The molecule has 3 aromatic carbocycles. The summed E-state index contributed by atoms with van der Waals surface area (Å²) in [5.74, 6) is -1.83. The van der Waals surface area contributed by atoms with Gasteiger partial charge in [-0.2, -0.15) is 0 Å². The lowest BCUT2D eigenvalue weighted by Gasteiger charge is -2.25. The Morgan fingerprint density at radius 1 is 1.00 bits per heavy atom. The summed E-state index contributed by atoms with van der Waals surface area (Å²) < 4.78 is 10.8. The first kappa shape index (κ1) is 26.0. The summed E-state index contributed by atoms with van der Waals surface area (Å²) in [5.41, 5.74) is 1.83. The van der Waals surface area contributed by atoms with E-state index in [2.05, 4.69) is 15.9 Å². The molecule has 1 saturated heterocycles. The van der Waals surface area contributed by atoms with Crippen LogP contribution in [0, 0.1) is 0 Å². The summed E-state index contributed by atoms with van der Waals surface area (Å²) in [6.45, 7) is 2.02. The monoisotopic (exact) mass is 565 g/mol. The highest BCUT2D eigenvalue weighted by Crippen LogP contribution is 2.41. The molecule has 1 atom stereocenters. The van der Waals surface area contributed by atoms with Gasteiger partial charge in [0, 0.05) is 12.1 Å². The van der Waals surface area contributed by atoms with Gasteiger partial charge in [-0.25, -0.2) is 4.79 Å². The zero-order valence-corrected chi connectivity index (χ0v) is 21.7. The first-order chi connectivity index (χ1) is 17.7. The van der Waals surface area contributed by atoms with Crippen LogP contribution in [0.15, 0.2) is 76.8 Å². The zero-order valence-electron chi connectivity index (χ0n) is 20.1. The van der Waals surface area contributed by atoms with Crippen LogP contribution in [0.5, 0.6) is 11.5 Å². The molecule has 190 valence electrons. The highest BCUT2D eigenvalue weighted by atomic mass is 79.9. The van der Waals surface area contributed by atoms with Gasteiger partial charge in [0.2, 0.25) is 0 Å². The van der Waals surface area contributed by atoms with Crippen LogP contribution in [-0.2, 0) is 20.9 Å². The number of likely N-dealkylation sites (tertiary alicyclic amines) is 1. The smallest absolute Gasteiger partial charge is 0.338 e. The first-order valence-electron chi connectivity index (χ1n) is 11.4. The number of carbonyl (C=O) groups is 3. The van der Waals surface area contributed by atoms with Crippen molar-refractivity contribution in [1.29, 1.82) is 0 Å². The highest BCUT2D eigenvalue weighted by Gasteiger charge is 2.46. The van der Waals surface area contributed by atoms with Crippen molar-refractivity contribution in [2.75, 3.05) is 13.7 Å². The molecule has 3 aromatic rings. The molecule has 1 unspecified atom stereocenters. The Kier molecular flexibility index (Phi) is 7.63. The van der Waals surface area contributed by atoms with E-state index in [0.717, 1.165) is 0 Å². The number of halogens is 1. The SMILES string of the molecule is CCOC(=O)c1ccc(CN2C(=O)C(=O)/C(=C(\O)c3ccc(OC)c(Br)c3)C2c2ccc(O)cc2)cc1. The molecule has 1 aliphatic rings. The molecular weight excluding hydrogens is 542 g/mol. The fraction of sp³-hybridized carbons (Fsp3) is 0.179. The molecule has 1 amide bonds. The molecular formula is C28H24BrNO7. The number of carbonyl (C=O) groups excluding carboxylic acids is 3. The number of phenolic OH excluding ortho intramolecular Hbond substituents is 1. The van der Waals surface area contributed by atoms with Gasteiger partial charge in [-0.15, -0.1) is 0 Å². The van der Waals surface area contributed by atoms with Crippen LogP contribution < -0.4 is 4.74 Å². The van der Waals surface area contributed by atoms with Crippen molar-refractivity contribution < 1.29 is 34.1 Å². The third kappa shape index (κ3) is 5.22. The van der Waals surface area contributed by atoms with Gasteiger partial charge in [-0.3, -0.25) is 9.59 Å². The molecule has 0 aliphatic carbocycles. The number of amides is 1. The maximum absolute atomic E-state index is 13.2. The Labute approximate surface area is 221 Å². The third-order valence-corrected chi connectivity index (χ3v) is 6.61. The Morgan fingerprint density at radius 2 is 1.65 bits per heavy atom. The van der Waals surface area contributed by atoms with Gasteiger partial charge in [-0.1, -0.05) is 24.3 Å². The molecule has 0 saturated carbocycles. The number of Topliss-reactive ketones (excluding diaryl/α,β-unsaturated/α-hetero) is 1. The molecule has 0 aromatic heterocycles. The number of methoxy groups -OCH3 is 1. The molecule has 8 nitrogen and oxygen atoms in total. The van der Waals surface area contributed by atoms with E-state index in [0.29, 0.717) is 32.5 Å². The van der Waals surface area contributed by atoms with Crippen molar-refractivity contribution >= 4 is 39.3 Å². The van der Waals surface area contributed by atoms with Crippen molar-refractivity contribution in [2.45, 2.75) is 19.5 Å². The van der Waals surface area contributed by atoms with Gasteiger partial charge in [-0.05, 0) is 76.4 Å². The number of esters is 1. The molecule has 1 heterocycles. The van der Waals surface area contributed by atoms with Crippen molar-refractivity contribution in [1.82, 2.24) is 4.90 Å². The van der Waals surface area contributed by atoms with Gasteiger partial charge < -0.3 is 24.6 Å². The largest absolute Gasteiger partial charge is 0.508 e. The van der Waals surface area contributed by atoms with E-state index in [1.54, 1.807) is 61.5 Å². The van der Waals surface area contributed by atoms with Crippen molar-refractivity contribution in [2.24, 2.45) is 0 Å². The van der Waals surface area contributed by atoms with Crippen molar-refractivity contribution in [3.63, 3.8) is 0 Å². The first-order valence-corrected chi connectivity index (χ1v) is 12.2. The maximum Gasteiger partial charge on any atom is 0.338 e. The molecule has 0 bridgehead atoms. The van der Waals surface area contributed by atoms with Crippen LogP contribution in [0.1, 0.15) is 40.0 Å². The summed E-state index contributed by atoms with van der Waals surface area (Å²) in [6, 6.07) is 16.6. The molecule has 9 heteroatoms. The number of aliphatic hydroxyl groups excluding tert-OH is 1. The fourth-order valence-corrected chi connectivity index (χ4v) is 4.71. The summed E-state index contributed by atoms with van der Waals surface area (Å²) in [7, 11) is 1.51. The lowest BCUT2D eigenvalue weighted by molar-refractivity contribution is -0.140. The molecule has 37 heavy (non-hydrogen) atoms. The van der Waals surface area contributed by atoms with Gasteiger partial charge in [0.25, 0.3) is 11.7 Å². The Hall–Kier alpha value is -4.11. The van der Waals surface area contributed by atoms with E-state index in [1.807, 2.05) is 0 Å². The van der Waals surface area contributed by atoms with E-state index in [4.69, 9.17) is 9.47 Å².